The summed E-state index contributed by atoms with van der Waals surface area (Å²) >= 11 is 1.38. The normalized spacial score (nSPS) is 11.0. The molecule has 2 aromatic heterocycles. The maximum atomic E-state index is 12.6. The molecule has 2 aromatic carbocycles. The van der Waals surface area contributed by atoms with Gasteiger partial charge < -0.3 is 10.4 Å². The molecule has 0 saturated carbocycles. The van der Waals surface area contributed by atoms with E-state index in [4.69, 9.17) is 0 Å². The van der Waals surface area contributed by atoms with Gasteiger partial charge >= 0.3 is 0 Å². The Morgan fingerprint density at radius 2 is 1.88 bits per heavy atom. The Labute approximate surface area is 154 Å². The van der Waals surface area contributed by atoms with Gasteiger partial charge in [-0.3, -0.25) is 4.79 Å². The first-order valence-corrected chi connectivity index (χ1v) is 9.00. The van der Waals surface area contributed by atoms with E-state index in [1.165, 1.54) is 11.3 Å². The molecule has 4 aromatic rings. The van der Waals surface area contributed by atoms with Crippen LogP contribution in [0.5, 0.6) is 5.75 Å². The van der Waals surface area contributed by atoms with Crippen LogP contribution < -0.4 is 5.32 Å². The lowest BCUT2D eigenvalue weighted by Gasteiger charge is -2.06. The molecule has 26 heavy (non-hydrogen) atoms. The molecule has 0 saturated heterocycles. The van der Waals surface area contributed by atoms with Crippen LogP contribution in [0.15, 0.2) is 54.6 Å². The standard InChI is InChI=1S/C20H17N3O2S/c1-12-8-9-16(17(24)10-12)21-19(25)18-11-15-13(2)22-23(20(15)26-18)14-6-4-3-5-7-14/h3-11,24H,1-2H3,(H,21,25). The summed E-state index contributed by atoms with van der Waals surface area (Å²) in [6, 6.07) is 16.9. The van der Waals surface area contributed by atoms with E-state index in [2.05, 4.69) is 10.4 Å². The highest BCUT2D eigenvalue weighted by Gasteiger charge is 2.18. The van der Waals surface area contributed by atoms with Gasteiger partial charge in [0.25, 0.3) is 5.91 Å². The van der Waals surface area contributed by atoms with Crippen LogP contribution in [0.3, 0.4) is 0 Å². The molecule has 0 aliphatic heterocycles. The summed E-state index contributed by atoms with van der Waals surface area (Å²) in [6.45, 7) is 3.82. The number of nitrogens with one attached hydrogen (secondary N) is 1. The van der Waals surface area contributed by atoms with Crippen molar-refractivity contribution >= 4 is 33.1 Å². The molecule has 1 amide bonds. The topological polar surface area (TPSA) is 67.2 Å². The third-order valence-corrected chi connectivity index (χ3v) is 5.28. The summed E-state index contributed by atoms with van der Waals surface area (Å²) in [5, 5.41) is 18.3. The van der Waals surface area contributed by atoms with Crippen LogP contribution >= 0.6 is 11.3 Å². The van der Waals surface area contributed by atoms with Gasteiger partial charge in [0.05, 0.1) is 21.9 Å². The number of anilines is 1. The first kappa shape index (κ1) is 16.4. The second kappa shape index (κ2) is 6.31. The zero-order valence-corrected chi connectivity index (χ0v) is 15.2. The first-order valence-electron chi connectivity index (χ1n) is 8.18. The van der Waals surface area contributed by atoms with Gasteiger partial charge in [0.15, 0.2) is 0 Å². The molecule has 0 aliphatic rings. The smallest absolute Gasteiger partial charge is 0.265 e. The minimum atomic E-state index is -0.246. The number of phenolic OH excluding ortho intramolecular Hbond substituents is 1. The third-order valence-electron chi connectivity index (χ3n) is 4.17. The molecule has 0 unspecified atom stereocenters. The van der Waals surface area contributed by atoms with Crippen LogP contribution in [0, 0.1) is 13.8 Å². The lowest BCUT2D eigenvalue weighted by atomic mass is 10.2. The highest BCUT2D eigenvalue weighted by Crippen LogP contribution is 2.31. The Hall–Kier alpha value is -3.12. The number of hydrogen-bond acceptors (Lipinski definition) is 4. The molecule has 130 valence electrons. The van der Waals surface area contributed by atoms with E-state index < -0.39 is 0 Å². The van der Waals surface area contributed by atoms with E-state index >= 15 is 0 Å². The summed E-state index contributed by atoms with van der Waals surface area (Å²) in [5.74, 6) is -0.185. The number of carbonyl (C=O) groups excluding carboxylic acids is 1. The predicted molar refractivity (Wildman–Crippen MR) is 104 cm³/mol. The second-order valence-corrected chi connectivity index (χ2v) is 7.17. The lowest BCUT2D eigenvalue weighted by Crippen LogP contribution is -2.10. The van der Waals surface area contributed by atoms with Crippen molar-refractivity contribution in [3.05, 3.63) is 70.7 Å². The number of phenols is 1. The van der Waals surface area contributed by atoms with Gasteiger partial charge in [0, 0.05) is 5.39 Å². The van der Waals surface area contributed by atoms with Crippen molar-refractivity contribution in [1.82, 2.24) is 9.78 Å². The Kier molecular flexibility index (Phi) is 3.97. The van der Waals surface area contributed by atoms with E-state index in [1.807, 2.05) is 61.0 Å². The molecule has 2 heterocycles. The Morgan fingerprint density at radius 1 is 1.12 bits per heavy atom. The number of para-hydroxylation sites is 1. The van der Waals surface area contributed by atoms with Crippen molar-refractivity contribution in [2.75, 3.05) is 5.32 Å². The fraction of sp³-hybridized carbons (Fsp3) is 0.100. The highest BCUT2D eigenvalue weighted by atomic mass is 32.1. The summed E-state index contributed by atoms with van der Waals surface area (Å²) in [4.78, 5) is 14.1. The number of rotatable bonds is 3. The number of nitrogens with zero attached hydrogens (tertiary/aromatic N) is 2. The number of amides is 1. The molecular weight excluding hydrogens is 346 g/mol. The van der Waals surface area contributed by atoms with Crippen LogP contribution in [0.2, 0.25) is 0 Å². The van der Waals surface area contributed by atoms with Crippen LogP contribution in [-0.2, 0) is 0 Å². The van der Waals surface area contributed by atoms with Crippen molar-refractivity contribution in [2.45, 2.75) is 13.8 Å². The molecule has 6 heteroatoms. The van der Waals surface area contributed by atoms with Gasteiger partial charge in [0.2, 0.25) is 0 Å². The molecule has 0 bridgehead atoms. The molecule has 0 fully saturated rings. The summed E-state index contributed by atoms with van der Waals surface area (Å²) < 4.78 is 1.86. The first-order chi connectivity index (χ1) is 12.5. The van der Waals surface area contributed by atoms with Crippen LogP contribution in [0.4, 0.5) is 5.69 Å². The number of aromatic nitrogens is 2. The fourth-order valence-corrected chi connectivity index (χ4v) is 3.91. The molecule has 0 atom stereocenters. The maximum Gasteiger partial charge on any atom is 0.265 e. The van der Waals surface area contributed by atoms with Gasteiger partial charge in [-0.05, 0) is 49.7 Å². The number of fused-ring (bicyclic) bond motifs is 1. The monoisotopic (exact) mass is 363 g/mol. The van der Waals surface area contributed by atoms with E-state index in [0.29, 0.717) is 10.6 Å². The molecule has 0 radical (unpaired) electrons. The van der Waals surface area contributed by atoms with Gasteiger partial charge in [-0.15, -0.1) is 11.3 Å². The molecule has 5 nitrogen and oxygen atoms in total. The van der Waals surface area contributed by atoms with Crippen molar-refractivity contribution in [2.24, 2.45) is 0 Å². The number of carbonyl (C=O) groups is 1. The Balaban J connectivity index is 1.70. The quantitative estimate of drug-likeness (QED) is 0.520. The van der Waals surface area contributed by atoms with E-state index in [1.54, 1.807) is 12.1 Å². The van der Waals surface area contributed by atoms with Crippen LogP contribution in [0.25, 0.3) is 15.9 Å². The van der Waals surface area contributed by atoms with Gasteiger partial charge in [-0.1, -0.05) is 24.3 Å². The number of thiophene rings is 1. The highest BCUT2D eigenvalue weighted by molar-refractivity contribution is 7.20. The molecule has 2 N–H and O–H groups in total. The predicted octanol–water partition coefficient (Wildman–Crippen LogP) is 4.66. The third kappa shape index (κ3) is 2.84. The van der Waals surface area contributed by atoms with Crippen molar-refractivity contribution in [1.29, 1.82) is 0 Å². The zero-order chi connectivity index (χ0) is 18.3. The average molecular weight is 363 g/mol. The van der Waals surface area contributed by atoms with E-state index in [9.17, 15) is 9.90 Å². The van der Waals surface area contributed by atoms with Crippen molar-refractivity contribution < 1.29 is 9.90 Å². The second-order valence-electron chi connectivity index (χ2n) is 6.14. The minimum absolute atomic E-state index is 0.0612. The van der Waals surface area contributed by atoms with Crippen LogP contribution in [0.1, 0.15) is 20.9 Å². The van der Waals surface area contributed by atoms with Gasteiger partial charge in [0.1, 0.15) is 10.6 Å². The fourth-order valence-electron chi connectivity index (χ4n) is 2.83. The summed E-state index contributed by atoms with van der Waals surface area (Å²) in [7, 11) is 0. The summed E-state index contributed by atoms with van der Waals surface area (Å²) in [6.07, 6.45) is 0. The van der Waals surface area contributed by atoms with Crippen molar-refractivity contribution in [3.63, 3.8) is 0 Å². The van der Waals surface area contributed by atoms with Crippen molar-refractivity contribution in [3.8, 4) is 11.4 Å². The van der Waals surface area contributed by atoms with E-state index in [0.717, 1.165) is 27.2 Å². The minimum Gasteiger partial charge on any atom is -0.506 e. The number of aryl methyl sites for hydroxylation is 2. The Bertz CT molecular complexity index is 1110. The van der Waals surface area contributed by atoms with E-state index in [-0.39, 0.29) is 11.7 Å². The maximum absolute atomic E-state index is 12.6. The molecule has 0 spiro atoms. The molecule has 0 aliphatic carbocycles. The zero-order valence-electron chi connectivity index (χ0n) is 14.4. The lowest BCUT2D eigenvalue weighted by molar-refractivity contribution is 0.103. The molecule has 4 rings (SSSR count). The Morgan fingerprint density at radius 3 is 2.62 bits per heavy atom. The summed E-state index contributed by atoms with van der Waals surface area (Å²) in [5.41, 5.74) is 3.16. The largest absolute Gasteiger partial charge is 0.506 e. The average Bonchev–Trinajstić information content (AvgIpc) is 3.19. The number of benzene rings is 2. The number of aromatic hydroxyl groups is 1. The molecular formula is C20H17N3O2S. The van der Waals surface area contributed by atoms with Gasteiger partial charge in [-0.2, -0.15) is 5.10 Å². The SMILES string of the molecule is Cc1ccc(NC(=O)c2cc3c(C)nn(-c4ccccc4)c3s2)c(O)c1. The van der Waals surface area contributed by atoms with Gasteiger partial charge in [-0.25, -0.2) is 4.68 Å². The number of hydrogen-bond donors (Lipinski definition) is 2. The van der Waals surface area contributed by atoms with Crippen LogP contribution in [-0.4, -0.2) is 20.8 Å².